The maximum atomic E-state index is 12.9. The summed E-state index contributed by atoms with van der Waals surface area (Å²) >= 11 is 0. The minimum atomic E-state index is -3.65. The molecule has 3 rings (SSSR count). The molecule has 2 N–H and O–H groups in total. The van der Waals surface area contributed by atoms with Crippen molar-refractivity contribution in [3.05, 3.63) is 54.1 Å². The zero-order valence-electron chi connectivity index (χ0n) is 17.6. The van der Waals surface area contributed by atoms with E-state index in [4.69, 9.17) is 4.74 Å². The molecule has 2 aromatic rings. The summed E-state index contributed by atoms with van der Waals surface area (Å²) in [5.41, 5.74) is 0.937. The largest absolute Gasteiger partial charge is 0.489 e. The van der Waals surface area contributed by atoms with E-state index in [9.17, 15) is 18.0 Å². The van der Waals surface area contributed by atoms with Crippen molar-refractivity contribution in [3.63, 3.8) is 0 Å². The van der Waals surface area contributed by atoms with Crippen LogP contribution in [0.1, 0.15) is 12.0 Å². The van der Waals surface area contributed by atoms with Gasteiger partial charge in [-0.2, -0.15) is 0 Å². The topological polar surface area (TPSA) is 105 Å². The van der Waals surface area contributed by atoms with Crippen molar-refractivity contribution < 1.29 is 22.7 Å². The zero-order valence-corrected chi connectivity index (χ0v) is 18.4. The lowest BCUT2D eigenvalue weighted by atomic mass is 10.0. The van der Waals surface area contributed by atoms with E-state index in [2.05, 4.69) is 10.6 Å². The minimum absolute atomic E-state index is 0.0685. The van der Waals surface area contributed by atoms with Gasteiger partial charge in [0.25, 0.3) is 0 Å². The fourth-order valence-corrected chi connectivity index (χ4v) is 4.77. The highest BCUT2D eigenvalue weighted by molar-refractivity contribution is 7.91. The van der Waals surface area contributed by atoms with E-state index in [1.54, 1.807) is 67.5 Å². The van der Waals surface area contributed by atoms with Crippen LogP contribution in [-0.2, 0) is 25.8 Å². The van der Waals surface area contributed by atoms with Crippen molar-refractivity contribution in [2.75, 3.05) is 33.7 Å². The van der Waals surface area contributed by atoms with Crippen molar-refractivity contribution in [2.45, 2.75) is 28.7 Å². The molecule has 0 aliphatic carbocycles. The van der Waals surface area contributed by atoms with Gasteiger partial charge in [-0.1, -0.05) is 24.3 Å². The summed E-state index contributed by atoms with van der Waals surface area (Å²) in [6.07, 6.45) is 1.16. The highest BCUT2D eigenvalue weighted by Crippen LogP contribution is 2.32. The van der Waals surface area contributed by atoms with Gasteiger partial charge in [-0.3, -0.25) is 14.5 Å². The molecule has 0 saturated carbocycles. The fraction of sp³-hybridized carbons (Fsp3) is 0.364. The van der Waals surface area contributed by atoms with Gasteiger partial charge in [-0.15, -0.1) is 0 Å². The lowest BCUT2D eigenvalue weighted by molar-refractivity contribution is -0.125. The standard InChI is InChI=1S/C22H27N3O5S/c1-23-21(26)14-25(15-22(27)24-2)13-17-10-8-16-9-11-19(12-20(16)30-17)31(28,29)18-6-4-3-5-7-18/h3-7,9,11-12,17H,8,10,13-15H2,1-2H3,(H,23,26)(H,24,27)/t17-/m1/s1. The summed E-state index contributed by atoms with van der Waals surface area (Å²) in [5, 5.41) is 5.12. The number of nitrogens with one attached hydrogen (secondary N) is 2. The van der Waals surface area contributed by atoms with Crippen LogP contribution in [0.5, 0.6) is 5.75 Å². The number of carbonyl (C=O) groups is 2. The molecule has 2 aromatic carbocycles. The molecule has 166 valence electrons. The Labute approximate surface area is 182 Å². The van der Waals surface area contributed by atoms with E-state index in [-0.39, 0.29) is 40.8 Å². The molecular formula is C22H27N3O5S. The Morgan fingerprint density at radius 3 is 2.26 bits per heavy atom. The van der Waals surface area contributed by atoms with Crippen LogP contribution in [0.4, 0.5) is 0 Å². The molecule has 1 aliphatic rings. The van der Waals surface area contributed by atoms with Gasteiger partial charge in [0.15, 0.2) is 0 Å². The molecule has 0 radical (unpaired) electrons. The van der Waals surface area contributed by atoms with Crippen LogP contribution in [0.3, 0.4) is 0 Å². The number of ether oxygens (including phenoxy) is 1. The highest BCUT2D eigenvalue weighted by Gasteiger charge is 2.26. The SMILES string of the molecule is CNC(=O)CN(CC(=O)NC)C[C@H]1CCc2ccc(S(=O)(=O)c3ccccc3)cc2O1. The molecule has 0 saturated heterocycles. The summed E-state index contributed by atoms with van der Waals surface area (Å²) < 4.78 is 32.0. The smallest absolute Gasteiger partial charge is 0.233 e. The number of nitrogens with zero attached hydrogens (tertiary/aromatic N) is 1. The minimum Gasteiger partial charge on any atom is -0.489 e. The normalized spacial score (nSPS) is 15.6. The Morgan fingerprint density at radius 2 is 1.65 bits per heavy atom. The van der Waals surface area contributed by atoms with Crippen LogP contribution in [0.15, 0.2) is 58.3 Å². The maximum Gasteiger partial charge on any atom is 0.233 e. The first-order valence-corrected chi connectivity index (χ1v) is 11.5. The average Bonchev–Trinajstić information content (AvgIpc) is 2.78. The number of aryl methyl sites for hydroxylation is 1. The molecule has 0 fully saturated rings. The van der Waals surface area contributed by atoms with Gasteiger partial charge in [0.05, 0.1) is 22.9 Å². The zero-order chi connectivity index (χ0) is 22.4. The van der Waals surface area contributed by atoms with Crippen LogP contribution >= 0.6 is 0 Å². The second-order valence-corrected chi connectivity index (χ2v) is 9.33. The summed E-state index contributed by atoms with van der Waals surface area (Å²) in [4.78, 5) is 25.8. The Bertz CT molecular complexity index is 1020. The van der Waals surface area contributed by atoms with Crippen molar-refractivity contribution in [1.29, 1.82) is 0 Å². The second kappa shape index (κ2) is 9.93. The summed E-state index contributed by atoms with van der Waals surface area (Å²) in [6, 6.07) is 13.2. The number of hydrogen-bond donors (Lipinski definition) is 2. The Hall–Kier alpha value is -2.91. The van der Waals surface area contributed by atoms with Gasteiger partial charge >= 0.3 is 0 Å². The Morgan fingerprint density at radius 1 is 1.00 bits per heavy atom. The second-order valence-electron chi connectivity index (χ2n) is 7.38. The van der Waals surface area contributed by atoms with Gasteiger partial charge < -0.3 is 15.4 Å². The number of sulfone groups is 1. The van der Waals surface area contributed by atoms with Gasteiger partial charge in [0, 0.05) is 20.6 Å². The van der Waals surface area contributed by atoms with Crippen LogP contribution in [0, 0.1) is 0 Å². The fourth-order valence-electron chi connectivity index (χ4n) is 3.47. The van der Waals surface area contributed by atoms with Crippen molar-refractivity contribution in [3.8, 4) is 5.75 Å². The van der Waals surface area contributed by atoms with Crippen LogP contribution in [0.2, 0.25) is 0 Å². The third kappa shape index (κ3) is 5.62. The quantitative estimate of drug-likeness (QED) is 0.628. The molecule has 1 aliphatic heterocycles. The highest BCUT2D eigenvalue weighted by atomic mass is 32.2. The molecule has 2 amide bonds. The molecule has 0 aromatic heterocycles. The van der Waals surface area contributed by atoms with Crippen molar-refractivity contribution in [1.82, 2.24) is 15.5 Å². The third-order valence-electron chi connectivity index (χ3n) is 5.19. The predicted molar refractivity (Wildman–Crippen MR) is 116 cm³/mol. The van der Waals surface area contributed by atoms with E-state index in [0.29, 0.717) is 18.7 Å². The van der Waals surface area contributed by atoms with E-state index >= 15 is 0 Å². The Balaban J connectivity index is 1.78. The number of rotatable bonds is 8. The van der Waals surface area contributed by atoms with Crippen molar-refractivity contribution >= 4 is 21.7 Å². The van der Waals surface area contributed by atoms with Crippen LogP contribution in [-0.4, -0.2) is 65.0 Å². The molecule has 0 spiro atoms. The van der Waals surface area contributed by atoms with E-state index in [1.165, 1.54) is 0 Å². The summed E-state index contributed by atoms with van der Waals surface area (Å²) in [6.45, 7) is 0.508. The first kappa shape index (κ1) is 22.8. The average molecular weight is 446 g/mol. The van der Waals surface area contributed by atoms with Gasteiger partial charge in [0.2, 0.25) is 21.7 Å². The summed E-state index contributed by atoms with van der Waals surface area (Å²) in [7, 11) is -0.560. The molecule has 8 nitrogen and oxygen atoms in total. The monoisotopic (exact) mass is 445 g/mol. The van der Waals surface area contributed by atoms with Crippen LogP contribution in [0.25, 0.3) is 0 Å². The van der Waals surface area contributed by atoms with E-state index in [0.717, 1.165) is 12.0 Å². The lowest BCUT2D eigenvalue weighted by Crippen LogP contribution is -2.46. The lowest BCUT2D eigenvalue weighted by Gasteiger charge is -2.31. The third-order valence-corrected chi connectivity index (χ3v) is 6.95. The molecule has 9 heteroatoms. The summed E-state index contributed by atoms with van der Waals surface area (Å²) in [5.74, 6) is 0.126. The molecule has 1 atom stereocenters. The molecule has 0 unspecified atom stereocenters. The van der Waals surface area contributed by atoms with Gasteiger partial charge in [-0.25, -0.2) is 8.42 Å². The van der Waals surface area contributed by atoms with Gasteiger partial charge in [0.1, 0.15) is 11.9 Å². The van der Waals surface area contributed by atoms with Gasteiger partial charge in [-0.05, 0) is 42.7 Å². The number of benzene rings is 2. The number of hydrogen-bond acceptors (Lipinski definition) is 6. The molecule has 0 bridgehead atoms. The number of carbonyl (C=O) groups excluding carboxylic acids is 2. The van der Waals surface area contributed by atoms with Crippen molar-refractivity contribution in [2.24, 2.45) is 0 Å². The predicted octanol–water partition coefficient (Wildman–Crippen LogP) is 1.01. The number of likely N-dealkylation sites (N-methyl/N-ethyl adjacent to an activating group) is 2. The van der Waals surface area contributed by atoms with Crippen LogP contribution < -0.4 is 15.4 Å². The Kier molecular flexibility index (Phi) is 7.29. The molecular weight excluding hydrogens is 418 g/mol. The first-order chi connectivity index (χ1) is 14.8. The van der Waals surface area contributed by atoms with E-state index in [1.807, 2.05) is 0 Å². The maximum absolute atomic E-state index is 12.9. The first-order valence-electron chi connectivity index (χ1n) is 10.1. The molecule has 1 heterocycles. The van der Waals surface area contributed by atoms with E-state index < -0.39 is 9.84 Å². The molecule has 31 heavy (non-hydrogen) atoms. The number of amides is 2. The number of fused-ring (bicyclic) bond motifs is 1.